The van der Waals surface area contributed by atoms with Crippen LogP contribution in [-0.2, 0) is 14.8 Å². The molecule has 1 unspecified atom stereocenters. The van der Waals surface area contributed by atoms with Crippen LogP contribution in [0.25, 0.3) is 0 Å². The molecule has 23 heavy (non-hydrogen) atoms. The van der Waals surface area contributed by atoms with Crippen molar-refractivity contribution in [2.75, 3.05) is 20.1 Å². The van der Waals surface area contributed by atoms with E-state index in [0.717, 1.165) is 17.1 Å². The molecule has 3 N–H and O–H groups in total. The number of carbonyl (C=O) groups excluding carboxylic acids is 1. The molecular weight excluding hydrogens is 363 g/mol. The molecule has 2 rings (SSSR count). The number of halogens is 2. The van der Waals surface area contributed by atoms with Crippen molar-refractivity contribution in [3.8, 4) is 0 Å². The van der Waals surface area contributed by atoms with E-state index in [9.17, 15) is 13.2 Å². The lowest BCUT2D eigenvalue weighted by atomic mass is 10.2. The summed E-state index contributed by atoms with van der Waals surface area (Å²) in [5, 5.41) is 2.67. The second kappa shape index (κ2) is 9.39. The van der Waals surface area contributed by atoms with Crippen LogP contribution in [0.1, 0.15) is 12.8 Å². The number of nitrogens with one attached hydrogen (secondary N) is 1. The molecular formula is C13H22Cl2N4O3S. The van der Waals surface area contributed by atoms with E-state index in [4.69, 9.17) is 5.73 Å². The average Bonchev–Trinajstić information content (AvgIpc) is 3.30. The molecule has 10 heteroatoms. The normalized spacial score (nSPS) is 15.3. The lowest BCUT2D eigenvalue weighted by Gasteiger charge is -2.17. The molecule has 0 aromatic carbocycles. The second-order valence-corrected chi connectivity index (χ2v) is 7.30. The Labute approximate surface area is 148 Å². The minimum Gasteiger partial charge on any atom is -0.353 e. The van der Waals surface area contributed by atoms with Gasteiger partial charge in [0.05, 0.1) is 6.54 Å². The van der Waals surface area contributed by atoms with Gasteiger partial charge in [-0.15, -0.1) is 24.8 Å². The lowest BCUT2D eigenvalue weighted by molar-refractivity contribution is -0.121. The highest BCUT2D eigenvalue weighted by molar-refractivity contribution is 7.89. The van der Waals surface area contributed by atoms with Crippen LogP contribution >= 0.6 is 24.8 Å². The summed E-state index contributed by atoms with van der Waals surface area (Å²) in [6.45, 7) is 0.138. The summed E-state index contributed by atoms with van der Waals surface area (Å²) in [7, 11) is -2.33. The van der Waals surface area contributed by atoms with E-state index in [1.165, 1.54) is 31.6 Å². The Kier molecular flexibility index (Phi) is 9.01. The zero-order chi connectivity index (χ0) is 15.5. The van der Waals surface area contributed by atoms with E-state index in [-0.39, 0.29) is 48.2 Å². The molecule has 1 aliphatic rings. The molecule has 0 aliphatic heterocycles. The standard InChI is InChI=1S/C13H20N4O3S.2ClH/c1-17(21(19,20)11-3-2-6-15-7-11)9-13(18)16-8-12(14)10-4-5-10;;/h2-3,6-7,10,12H,4-5,8-9,14H2,1H3,(H,16,18);2*1H. The third-order valence-corrected chi connectivity index (χ3v) is 5.26. The zero-order valence-corrected chi connectivity index (χ0v) is 15.2. The van der Waals surface area contributed by atoms with Crippen molar-refractivity contribution in [3.63, 3.8) is 0 Å². The van der Waals surface area contributed by atoms with E-state index >= 15 is 0 Å². The molecule has 1 aromatic heterocycles. The Morgan fingerprint density at radius 3 is 2.65 bits per heavy atom. The van der Waals surface area contributed by atoms with Crippen LogP contribution in [0.15, 0.2) is 29.4 Å². The van der Waals surface area contributed by atoms with Crippen molar-refractivity contribution in [3.05, 3.63) is 24.5 Å². The summed E-state index contributed by atoms with van der Waals surface area (Å²) in [5.74, 6) is 0.128. The number of pyridine rings is 1. The fourth-order valence-electron chi connectivity index (χ4n) is 1.95. The van der Waals surface area contributed by atoms with Gasteiger partial charge in [0.25, 0.3) is 0 Å². The van der Waals surface area contributed by atoms with Crippen LogP contribution in [0, 0.1) is 5.92 Å². The van der Waals surface area contributed by atoms with Crippen LogP contribution in [0.3, 0.4) is 0 Å². The maximum atomic E-state index is 12.2. The smallest absolute Gasteiger partial charge is 0.244 e. The number of hydrogen-bond acceptors (Lipinski definition) is 5. The van der Waals surface area contributed by atoms with Gasteiger partial charge in [0.2, 0.25) is 15.9 Å². The minimum absolute atomic E-state index is 0. The first kappa shape index (κ1) is 22.1. The van der Waals surface area contributed by atoms with Gasteiger partial charge in [-0.1, -0.05) is 0 Å². The van der Waals surface area contributed by atoms with E-state index in [2.05, 4.69) is 10.3 Å². The number of nitrogens with two attached hydrogens (primary N) is 1. The first-order valence-electron chi connectivity index (χ1n) is 6.80. The summed E-state index contributed by atoms with van der Waals surface area (Å²) in [5.41, 5.74) is 5.88. The van der Waals surface area contributed by atoms with Crippen molar-refractivity contribution in [1.82, 2.24) is 14.6 Å². The van der Waals surface area contributed by atoms with Gasteiger partial charge in [-0.05, 0) is 30.9 Å². The predicted molar refractivity (Wildman–Crippen MR) is 92.3 cm³/mol. The van der Waals surface area contributed by atoms with Crippen LogP contribution in [0.2, 0.25) is 0 Å². The van der Waals surface area contributed by atoms with Gasteiger partial charge >= 0.3 is 0 Å². The first-order valence-corrected chi connectivity index (χ1v) is 8.24. The van der Waals surface area contributed by atoms with Crippen molar-refractivity contribution < 1.29 is 13.2 Å². The zero-order valence-electron chi connectivity index (χ0n) is 12.7. The van der Waals surface area contributed by atoms with Gasteiger partial charge in [0.15, 0.2) is 0 Å². The van der Waals surface area contributed by atoms with Gasteiger partial charge < -0.3 is 11.1 Å². The fourth-order valence-corrected chi connectivity index (χ4v) is 3.04. The van der Waals surface area contributed by atoms with Crippen LogP contribution in [-0.4, -0.2) is 49.8 Å². The van der Waals surface area contributed by atoms with Crippen LogP contribution in [0.4, 0.5) is 0 Å². The van der Waals surface area contributed by atoms with Gasteiger partial charge in [-0.3, -0.25) is 9.78 Å². The van der Waals surface area contributed by atoms with E-state index in [1.54, 1.807) is 0 Å². The van der Waals surface area contributed by atoms with Gasteiger partial charge in [0, 0.05) is 32.0 Å². The lowest BCUT2D eigenvalue weighted by Crippen LogP contribution is -2.43. The quantitative estimate of drug-likeness (QED) is 0.707. The number of nitrogens with zero attached hydrogens (tertiary/aromatic N) is 2. The first-order chi connectivity index (χ1) is 9.91. The van der Waals surface area contributed by atoms with Gasteiger partial charge in [-0.25, -0.2) is 8.42 Å². The number of hydrogen-bond donors (Lipinski definition) is 2. The largest absolute Gasteiger partial charge is 0.353 e. The van der Waals surface area contributed by atoms with Crippen LogP contribution < -0.4 is 11.1 Å². The Morgan fingerprint density at radius 2 is 2.13 bits per heavy atom. The summed E-state index contributed by atoms with van der Waals surface area (Å²) in [6, 6.07) is 2.93. The highest BCUT2D eigenvalue weighted by atomic mass is 35.5. The molecule has 132 valence electrons. The number of likely N-dealkylation sites (N-methyl/N-ethyl adjacent to an activating group) is 1. The molecule has 1 atom stereocenters. The molecule has 0 bridgehead atoms. The third-order valence-electron chi connectivity index (χ3n) is 3.47. The molecule has 1 heterocycles. The van der Waals surface area contributed by atoms with Crippen LogP contribution in [0.5, 0.6) is 0 Å². The maximum Gasteiger partial charge on any atom is 0.244 e. The molecule has 0 spiro atoms. The van der Waals surface area contributed by atoms with E-state index in [0.29, 0.717) is 12.5 Å². The van der Waals surface area contributed by atoms with Gasteiger partial charge in [-0.2, -0.15) is 4.31 Å². The Balaban J connectivity index is 0.00000242. The van der Waals surface area contributed by atoms with Gasteiger partial charge in [0.1, 0.15) is 4.90 Å². The molecule has 1 fully saturated rings. The minimum atomic E-state index is -3.70. The monoisotopic (exact) mass is 384 g/mol. The summed E-state index contributed by atoms with van der Waals surface area (Å²) < 4.78 is 25.4. The fraction of sp³-hybridized carbons (Fsp3) is 0.538. The topological polar surface area (TPSA) is 105 Å². The Bertz CT molecular complexity index is 596. The predicted octanol–water partition coefficient (Wildman–Crippen LogP) is 0.399. The van der Waals surface area contributed by atoms with Crippen molar-refractivity contribution in [2.45, 2.75) is 23.8 Å². The summed E-state index contributed by atoms with van der Waals surface area (Å²) in [6.07, 6.45) is 4.95. The van der Waals surface area contributed by atoms with Crippen molar-refractivity contribution in [2.24, 2.45) is 11.7 Å². The van der Waals surface area contributed by atoms with Crippen molar-refractivity contribution >= 4 is 40.7 Å². The third kappa shape index (κ3) is 6.23. The highest BCUT2D eigenvalue weighted by Gasteiger charge is 2.29. The molecule has 1 saturated carbocycles. The number of sulfonamides is 1. The second-order valence-electron chi connectivity index (χ2n) is 5.26. The molecule has 0 saturated heterocycles. The number of aromatic nitrogens is 1. The Morgan fingerprint density at radius 1 is 1.48 bits per heavy atom. The number of rotatable bonds is 7. The number of amides is 1. The number of carbonyl (C=O) groups is 1. The van der Waals surface area contributed by atoms with E-state index in [1.807, 2.05) is 0 Å². The maximum absolute atomic E-state index is 12.2. The van der Waals surface area contributed by atoms with E-state index < -0.39 is 10.0 Å². The molecule has 7 nitrogen and oxygen atoms in total. The van der Waals surface area contributed by atoms with Crippen molar-refractivity contribution in [1.29, 1.82) is 0 Å². The molecule has 1 aromatic rings. The SMILES string of the molecule is CN(CC(=O)NCC(N)C1CC1)S(=O)(=O)c1cccnc1.Cl.Cl. The molecule has 0 radical (unpaired) electrons. The average molecular weight is 385 g/mol. The molecule has 1 aliphatic carbocycles. The summed E-state index contributed by atoms with van der Waals surface area (Å²) in [4.78, 5) is 15.6. The molecule has 1 amide bonds. The Hall–Kier alpha value is -0.930. The summed E-state index contributed by atoms with van der Waals surface area (Å²) >= 11 is 0. The highest BCUT2D eigenvalue weighted by Crippen LogP contribution is 2.31.